The smallest absolute Gasteiger partial charge is 0.265 e. The number of anilines is 1. The Balaban J connectivity index is 1.65. The first-order chi connectivity index (χ1) is 12.1. The largest absolute Gasteiger partial charge is 0.497 e. The van der Waals surface area contributed by atoms with Gasteiger partial charge in [-0.1, -0.05) is 0 Å². The first-order valence-corrected chi connectivity index (χ1v) is 7.57. The lowest BCUT2D eigenvalue weighted by molar-refractivity contribution is -0.121. The Hall–Kier alpha value is -3.26. The van der Waals surface area contributed by atoms with Gasteiger partial charge in [-0.2, -0.15) is 0 Å². The summed E-state index contributed by atoms with van der Waals surface area (Å²) in [4.78, 5) is 41.6. The molecule has 3 rings (SSSR count). The predicted octanol–water partition coefficient (Wildman–Crippen LogP) is 0.657. The number of nitrogens with one attached hydrogen (secondary N) is 2. The minimum atomic E-state index is -0.819. The van der Waals surface area contributed by atoms with Gasteiger partial charge in [-0.05, 0) is 36.4 Å². The Labute approximate surface area is 143 Å². The number of benzene rings is 1. The summed E-state index contributed by atoms with van der Waals surface area (Å²) in [5.41, 5.74) is 5.92. The second-order valence-electron chi connectivity index (χ2n) is 5.36. The van der Waals surface area contributed by atoms with Crippen molar-refractivity contribution >= 4 is 23.4 Å². The number of hydrazine groups is 1. The summed E-state index contributed by atoms with van der Waals surface area (Å²) in [6, 6.07) is 8.87. The van der Waals surface area contributed by atoms with Crippen molar-refractivity contribution < 1.29 is 19.1 Å². The standard InChI is InChI=1S/C17H16N4O4/c1-25-13-4-2-12(3-5-13)21-15(22)10-14(17(21)24)19-20-16(23)11-6-8-18-9-7-11/h2-9,14,19H,10H2,1H3,(H,20,23). The molecule has 0 saturated carbocycles. The summed E-state index contributed by atoms with van der Waals surface area (Å²) in [6.07, 6.45) is 2.94. The average Bonchev–Trinajstić information content (AvgIpc) is 2.94. The highest BCUT2D eigenvalue weighted by atomic mass is 16.5. The van der Waals surface area contributed by atoms with Crippen LogP contribution in [-0.2, 0) is 9.59 Å². The van der Waals surface area contributed by atoms with Crippen molar-refractivity contribution in [1.29, 1.82) is 0 Å². The molecule has 0 radical (unpaired) electrons. The summed E-state index contributed by atoms with van der Waals surface area (Å²) >= 11 is 0. The SMILES string of the molecule is COc1ccc(N2C(=O)CC(NNC(=O)c3ccncc3)C2=O)cc1. The van der Waals surface area contributed by atoms with E-state index in [1.54, 1.807) is 36.4 Å². The summed E-state index contributed by atoms with van der Waals surface area (Å²) in [7, 11) is 1.53. The van der Waals surface area contributed by atoms with Gasteiger partial charge in [0.15, 0.2) is 0 Å². The molecule has 8 nitrogen and oxygen atoms in total. The maximum Gasteiger partial charge on any atom is 0.265 e. The fraction of sp³-hybridized carbons (Fsp3) is 0.176. The van der Waals surface area contributed by atoms with Crippen molar-refractivity contribution in [2.75, 3.05) is 12.0 Å². The van der Waals surface area contributed by atoms with Gasteiger partial charge in [0.05, 0.1) is 19.2 Å². The second kappa shape index (κ2) is 7.10. The second-order valence-corrected chi connectivity index (χ2v) is 5.36. The fourth-order valence-electron chi connectivity index (χ4n) is 2.48. The van der Waals surface area contributed by atoms with Crippen molar-refractivity contribution in [3.63, 3.8) is 0 Å². The molecule has 0 bridgehead atoms. The lowest BCUT2D eigenvalue weighted by Gasteiger charge is -2.16. The quantitative estimate of drug-likeness (QED) is 0.612. The molecule has 8 heteroatoms. The number of aromatic nitrogens is 1. The first kappa shape index (κ1) is 16.6. The number of imide groups is 1. The molecule has 2 heterocycles. The number of hydrogen-bond acceptors (Lipinski definition) is 6. The third kappa shape index (κ3) is 3.48. The van der Waals surface area contributed by atoms with E-state index in [2.05, 4.69) is 15.8 Å². The third-order valence-electron chi connectivity index (χ3n) is 3.78. The number of ether oxygens (including phenoxy) is 1. The van der Waals surface area contributed by atoms with Gasteiger partial charge in [0.25, 0.3) is 11.8 Å². The molecule has 1 fully saturated rings. The Kier molecular flexibility index (Phi) is 4.71. The van der Waals surface area contributed by atoms with Crippen LogP contribution in [0.2, 0.25) is 0 Å². The molecule has 1 aliphatic rings. The Bertz CT molecular complexity index is 792. The zero-order valence-electron chi connectivity index (χ0n) is 13.4. The Morgan fingerprint density at radius 3 is 2.48 bits per heavy atom. The zero-order chi connectivity index (χ0) is 17.8. The molecule has 0 spiro atoms. The molecule has 1 saturated heterocycles. The van der Waals surface area contributed by atoms with Gasteiger partial charge in [0.2, 0.25) is 5.91 Å². The van der Waals surface area contributed by atoms with Crippen LogP contribution >= 0.6 is 0 Å². The van der Waals surface area contributed by atoms with E-state index in [9.17, 15) is 14.4 Å². The van der Waals surface area contributed by atoms with E-state index < -0.39 is 17.9 Å². The molecule has 0 aliphatic carbocycles. The molecule has 2 N–H and O–H groups in total. The van der Waals surface area contributed by atoms with Crippen LogP contribution in [0.4, 0.5) is 5.69 Å². The molecule has 1 atom stereocenters. The molecular weight excluding hydrogens is 324 g/mol. The van der Waals surface area contributed by atoms with E-state index in [0.717, 1.165) is 4.90 Å². The van der Waals surface area contributed by atoms with Crippen LogP contribution in [0, 0.1) is 0 Å². The highest BCUT2D eigenvalue weighted by Crippen LogP contribution is 2.24. The molecule has 1 aromatic heterocycles. The van der Waals surface area contributed by atoms with Crippen LogP contribution in [0.15, 0.2) is 48.8 Å². The van der Waals surface area contributed by atoms with Crippen LogP contribution in [0.1, 0.15) is 16.8 Å². The minimum absolute atomic E-state index is 0.0402. The van der Waals surface area contributed by atoms with Crippen LogP contribution in [0.25, 0.3) is 0 Å². The number of rotatable bonds is 5. The number of carbonyl (C=O) groups excluding carboxylic acids is 3. The maximum atomic E-state index is 12.5. The molecule has 3 amide bonds. The number of amides is 3. The molecule has 128 valence electrons. The first-order valence-electron chi connectivity index (χ1n) is 7.57. The summed E-state index contributed by atoms with van der Waals surface area (Å²) in [6.45, 7) is 0. The summed E-state index contributed by atoms with van der Waals surface area (Å²) in [5.74, 6) is -0.552. The van der Waals surface area contributed by atoms with E-state index >= 15 is 0 Å². The zero-order valence-corrected chi connectivity index (χ0v) is 13.4. The van der Waals surface area contributed by atoms with Gasteiger partial charge in [0, 0.05) is 18.0 Å². The Morgan fingerprint density at radius 2 is 1.84 bits per heavy atom. The van der Waals surface area contributed by atoms with Gasteiger partial charge in [0.1, 0.15) is 11.8 Å². The van der Waals surface area contributed by atoms with E-state index in [1.807, 2.05) is 0 Å². The van der Waals surface area contributed by atoms with Crippen LogP contribution in [0.3, 0.4) is 0 Å². The molecule has 1 unspecified atom stereocenters. The van der Waals surface area contributed by atoms with Crippen LogP contribution in [0.5, 0.6) is 5.75 Å². The average molecular weight is 340 g/mol. The number of hydrogen-bond donors (Lipinski definition) is 2. The van der Waals surface area contributed by atoms with Crippen molar-refractivity contribution in [3.05, 3.63) is 54.4 Å². The van der Waals surface area contributed by atoms with Gasteiger partial charge in [-0.3, -0.25) is 24.8 Å². The minimum Gasteiger partial charge on any atom is -0.497 e. The monoisotopic (exact) mass is 340 g/mol. The van der Waals surface area contributed by atoms with Gasteiger partial charge in [-0.25, -0.2) is 10.3 Å². The summed E-state index contributed by atoms with van der Waals surface area (Å²) in [5, 5.41) is 0. The van der Waals surface area contributed by atoms with Gasteiger partial charge in [-0.15, -0.1) is 0 Å². The predicted molar refractivity (Wildman–Crippen MR) is 88.7 cm³/mol. The highest BCUT2D eigenvalue weighted by molar-refractivity contribution is 6.22. The van der Waals surface area contributed by atoms with Crippen molar-refractivity contribution in [3.8, 4) is 5.75 Å². The normalized spacial score (nSPS) is 16.8. The van der Waals surface area contributed by atoms with Crippen molar-refractivity contribution in [1.82, 2.24) is 15.8 Å². The van der Waals surface area contributed by atoms with Crippen molar-refractivity contribution in [2.24, 2.45) is 0 Å². The highest BCUT2D eigenvalue weighted by Gasteiger charge is 2.39. The number of pyridine rings is 1. The summed E-state index contributed by atoms with van der Waals surface area (Å²) < 4.78 is 5.06. The van der Waals surface area contributed by atoms with Gasteiger partial charge < -0.3 is 4.74 Å². The van der Waals surface area contributed by atoms with E-state index in [1.165, 1.54) is 19.5 Å². The lowest BCUT2D eigenvalue weighted by atomic mass is 10.2. The number of nitrogens with zero attached hydrogens (tertiary/aromatic N) is 2. The van der Waals surface area contributed by atoms with E-state index in [-0.39, 0.29) is 12.3 Å². The molecule has 2 aromatic rings. The van der Waals surface area contributed by atoms with Crippen LogP contribution < -0.4 is 20.5 Å². The number of methoxy groups -OCH3 is 1. The molecule has 25 heavy (non-hydrogen) atoms. The van der Waals surface area contributed by atoms with Crippen molar-refractivity contribution in [2.45, 2.75) is 12.5 Å². The lowest BCUT2D eigenvalue weighted by Crippen LogP contribution is -2.48. The molecule has 1 aliphatic heterocycles. The van der Waals surface area contributed by atoms with E-state index in [4.69, 9.17) is 4.74 Å². The maximum absolute atomic E-state index is 12.5. The van der Waals surface area contributed by atoms with Gasteiger partial charge >= 0.3 is 0 Å². The topological polar surface area (TPSA) is 101 Å². The Morgan fingerprint density at radius 1 is 1.16 bits per heavy atom. The third-order valence-corrected chi connectivity index (χ3v) is 3.78. The molecule has 1 aromatic carbocycles. The van der Waals surface area contributed by atoms with E-state index in [0.29, 0.717) is 17.0 Å². The fourth-order valence-corrected chi connectivity index (χ4v) is 2.48. The molecular formula is C17H16N4O4. The number of carbonyl (C=O) groups is 3. The van der Waals surface area contributed by atoms with Crippen LogP contribution in [-0.4, -0.2) is 35.9 Å².